The van der Waals surface area contributed by atoms with E-state index in [-0.39, 0.29) is 18.0 Å². The van der Waals surface area contributed by atoms with E-state index in [2.05, 4.69) is 5.32 Å². The van der Waals surface area contributed by atoms with Crippen LogP contribution in [0, 0.1) is 15.9 Å². The SMILES string of the molecule is O=C(COc1ccc2c(c1)CCC2)Nc1cc([N+](=O)[O-])ccc1F. The largest absolute Gasteiger partial charge is 0.484 e. The maximum atomic E-state index is 13.6. The van der Waals surface area contributed by atoms with Gasteiger partial charge in [-0.05, 0) is 48.6 Å². The highest BCUT2D eigenvalue weighted by Crippen LogP contribution is 2.26. The zero-order valence-electron chi connectivity index (χ0n) is 12.8. The fraction of sp³-hybridized carbons (Fsp3) is 0.235. The molecule has 7 heteroatoms. The minimum absolute atomic E-state index is 0.244. The fourth-order valence-corrected chi connectivity index (χ4v) is 2.70. The van der Waals surface area contributed by atoms with Crippen LogP contribution in [0.15, 0.2) is 36.4 Å². The Morgan fingerprint density at radius 1 is 1.21 bits per heavy atom. The molecule has 1 amide bonds. The summed E-state index contributed by atoms with van der Waals surface area (Å²) in [5.74, 6) is -0.758. The van der Waals surface area contributed by atoms with Crippen LogP contribution in [0.1, 0.15) is 17.5 Å². The normalized spacial score (nSPS) is 12.5. The summed E-state index contributed by atoms with van der Waals surface area (Å²) in [4.78, 5) is 21.9. The molecule has 0 aliphatic heterocycles. The van der Waals surface area contributed by atoms with Crippen LogP contribution < -0.4 is 10.1 Å². The van der Waals surface area contributed by atoms with Gasteiger partial charge in [-0.2, -0.15) is 0 Å². The van der Waals surface area contributed by atoms with Crippen molar-refractivity contribution in [3.63, 3.8) is 0 Å². The van der Waals surface area contributed by atoms with Crippen molar-refractivity contribution in [1.29, 1.82) is 0 Å². The van der Waals surface area contributed by atoms with E-state index in [1.165, 1.54) is 11.1 Å². The number of anilines is 1. The molecule has 1 aliphatic carbocycles. The number of aryl methyl sites for hydroxylation is 2. The summed E-state index contributed by atoms with van der Waals surface area (Å²) >= 11 is 0. The van der Waals surface area contributed by atoms with Crippen LogP contribution in [0.5, 0.6) is 5.75 Å². The summed E-state index contributed by atoms with van der Waals surface area (Å²) in [6.45, 7) is -0.305. The second-order valence-electron chi connectivity index (χ2n) is 5.54. The third kappa shape index (κ3) is 3.51. The van der Waals surface area contributed by atoms with Gasteiger partial charge in [0.15, 0.2) is 6.61 Å². The van der Waals surface area contributed by atoms with Gasteiger partial charge in [-0.1, -0.05) is 6.07 Å². The van der Waals surface area contributed by atoms with Crippen molar-refractivity contribution in [2.45, 2.75) is 19.3 Å². The van der Waals surface area contributed by atoms with E-state index in [9.17, 15) is 19.3 Å². The molecule has 6 nitrogen and oxygen atoms in total. The number of rotatable bonds is 5. The maximum absolute atomic E-state index is 13.6. The Balaban J connectivity index is 1.62. The molecule has 0 bridgehead atoms. The zero-order valence-corrected chi connectivity index (χ0v) is 12.8. The van der Waals surface area contributed by atoms with Crippen molar-refractivity contribution in [3.05, 3.63) is 63.5 Å². The molecule has 1 N–H and O–H groups in total. The monoisotopic (exact) mass is 330 g/mol. The average Bonchev–Trinajstić information content (AvgIpc) is 3.02. The molecule has 0 fully saturated rings. The number of fused-ring (bicyclic) bond motifs is 1. The molecule has 0 spiro atoms. The predicted molar refractivity (Wildman–Crippen MR) is 85.6 cm³/mol. The van der Waals surface area contributed by atoms with Crippen molar-refractivity contribution in [3.8, 4) is 5.75 Å². The van der Waals surface area contributed by atoms with Gasteiger partial charge in [0.1, 0.15) is 11.6 Å². The predicted octanol–water partition coefficient (Wildman–Crippen LogP) is 3.24. The first-order valence-corrected chi connectivity index (χ1v) is 7.51. The maximum Gasteiger partial charge on any atom is 0.271 e. The zero-order chi connectivity index (χ0) is 17.1. The standard InChI is InChI=1S/C17H15FN2O4/c18-15-7-5-13(20(22)23)9-16(15)19-17(21)10-24-14-6-4-11-2-1-3-12(11)8-14/h4-9H,1-3,10H2,(H,19,21). The van der Waals surface area contributed by atoms with E-state index in [4.69, 9.17) is 4.74 Å². The highest BCUT2D eigenvalue weighted by atomic mass is 19.1. The number of non-ortho nitro benzene ring substituents is 1. The first kappa shape index (κ1) is 15.9. The highest BCUT2D eigenvalue weighted by Gasteiger charge is 2.14. The Hall–Kier alpha value is -2.96. The van der Waals surface area contributed by atoms with Crippen molar-refractivity contribution in [1.82, 2.24) is 0 Å². The fourth-order valence-electron chi connectivity index (χ4n) is 2.70. The summed E-state index contributed by atoms with van der Waals surface area (Å²) in [5.41, 5.74) is 1.97. The first-order valence-electron chi connectivity index (χ1n) is 7.51. The summed E-state index contributed by atoms with van der Waals surface area (Å²) in [5, 5.41) is 13.0. The number of halogens is 1. The number of nitro benzene ring substituents is 1. The second-order valence-corrected chi connectivity index (χ2v) is 5.54. The van der Waals surface area contributed by atoms with Crippen LogP contribution in [0.4, 0.5) is 15.8 Å². The van der Waals surface area contributed by atoms with E-state index < -0.39 is 16.6 Å². The number of nitrogens with zero attached hydrogens (tertiary/aromatic N) is 1. The summed E-state index contributed by atoms with van der Waals surface area (Å²) < 4.78 is 19.0. The van der Waals surface area contributed by atoms with Crippen LogP contribution in [0.25, 0.3) is 0 Å². The third-order valence-electron chi connectivity index (χ3n) is 3.87. The van der Waals surface area contributed by atoms with E-state index in [1.54, 1.807) is 6.07 Å². The van der Waals surface area contributed by atoms with Gasteiger partial charge >= 0.3 is 0 Å². The highest BCUT2D eigenvalue weighted by molar-refractivity contribution is 5.92. The topological polar surface area (TPSA) is 81.5 Å². The average molecular weight is 330 g/mol. The number of hydrogen-bond donors (Lipinski definition) is 1. The molecule has 1 aliphatic rings. The number of benzene rings is 2. The van der Waals surface area contributed by atoms with Gasteiger partial charge in [0, 0.05) is 12.1 Å². The van der Waals surface area contributed by atoms with Gasteiger partial charge < -0.3 is 10.1 Å². The Bertz CT molecular complexity index is 807. The number of carbonyl (C=O) groups is 1. The molecule has 0 saturated heterocycles. The Morgan fingerprint density at radius 2 is 2.00 bits per heavy atom. The molecule has 0 unspecified atom stereocenters. The Kier molecular flexibility index (Phi) is 4.41. The Morgan fingerprint density at radius 3 is 2.79 bits per heavy atom. The summed E-state index contributed by atoms with van der Waals surface area (Å²) in [7, 11) is 0. The smallest absolute Gasteiger partial charge is 0.271 e. The number of hydrogen-bond acceptors (Lipinski definition) is 4. The van der Waals surface area contributed by atoms with Crippen molar-refractivity contribution >= 4 is 17.3 Å². The molecule has 3 rings (SSSR count). The molecule has 0 aromatic heterocycles. The molecule has 124 valence electrons. The van der Waals surface area contributed by atoms with Gasteiger partial charge in [0.2, 0.25) is 0 Å². The van der Waals surface area contributed by atoms with E-state index in [1.807, 2.05) is 12.1 Å². The lowest BCUT2D eigenvalue weighted by atomic mass is 10.1. The molecule has 0 radical (unpaired) electrons. The number of ether oxygens (including phenoxy) is 1. The van der Waals surface area contributed by atoms with E-state index in [0.29, 0.717) is 5.75 Å². The lowest BCUT2D eigenvalue weighted by Crippen LogP contribution is -2.21. The lowest BCUT2D eigenvalue weighted by Gasteiger charge is -2.09. The summed E-state index contributed by atoms with van der Waals surface area (Å²) in [6, 6.07) is 8.63. The number of amides is 1. The minimum atomic E-state index is -0.744. The second kappa shape index (κ2) is 6.66. The minimum Gasteiger partial charge on any atom is -0.484 e. The van der Waals surface area contributed by atoms with Gasteiger partial charge in [-0.3, -0.25) is 14.9 Å². The van der Waals surface area contributed by atoms with Crippen LogP contribution >= 0.6 is 0 Å². The molecule has 0 saturated carbocycles. The lowest BCUT2D eigenvalue weighted by molar-refractivity contribution is -0.384. The molecular weight excluding hydrogens is 315 g/mol. The summed E-state index contributed by atoms with van der Waals surface area (Å²) in [6.07, 6.45) is 3.17. The van der Waals surface area contributed by atoms with Crippen molar-refractivity contribution < 1.29 is 18.8 Å². The van der Waals surface area contributed by atoms with Gasteiger partial charge in [0.05, 0.1) is 10.6 Å². The third-order valence-corrected chi connectivity index (χ3v) is 3.87. The van der Waals surface area contributed by atoms with Crippen LogP contribution in [0.2, 0.25) is 0 Å². The van der Waals surface area contributed by atoms with Gasteiger partial charge in [-0.25, -0.2) is 4.39 Å². The van der Waals surface area contributed by atoms with Crippen LogP contribution in [-0.2, 0) is 17.6 Å². The molecule has 0 atom stereocenters. The van der Waals surface area contributed by atoms with Crippen molar-refractivity contribution in [2.75, 3.05) is 11.9 Å². The van der Waals surface area contributed by atoms with Crippen molar-refractivity contribution in [2.24, 2.45) is 0 Å². The van der Waals surface area contributed by atoms with Crippen LogP contribution in [0.3, 0.4) is 0 Å². The number of nitrogens with one attached hydrogen (secondary N) is 1. The van der Waals surface area contributed by atoms with Crippen LogP contribution in [-0.4, -0.2) is 17.4 Å². The molecular formula is C17H15FN2O4. The number of carbonyl (C=O) groups excluding carboxylic acids is 1. The van der Waals surface area contributed by atoms with E-state index >= 15 is 0 Å². The quantitative estimate of drug-likeness (QED) is 0.674. The molecule has 2 aromatic carbocycles. The van der Waals surface area contributed by atoms with E-state index in [0.717, 1.165) is 37.5 Å². The van der Waals surface area contributed by atoms with Gasteiger partial charge in [0.25, 0.3) is 11.6 Å². The number of nitro groups is 1. The molecule has 2 aromatic rings. The first-order chi connectivity index (χ1) is 11.5. The Labute approximate surface area is 137 Å². The molecule has 24 heavy (non-hydrogen) atoms. The van der Waals surface area contributed by atoms with Gasteiger partial charge in [-0.15, -0.1) is 0 Å². The molecule has 0 heterocycles.